The second kappa shape index (κ2) is 10.9. The predicted molar refractivity (Wildman–Crippen MR) is 139 cm³/mol. The molecule has 0 amide bonds. The number of alkyl halides is 3. The molecule has 0 aliphatic heterocycles. The third-order valence-corrected chi connectivity index (χ3v) is 5.89. The lowest BCUT2D eigenvalue weighted by Crippen LogP contribution is -2.20. The minimum atomic E-state index is -4.62. The lowest BCUT2D eigenvalue weighted by atomic mass is 10.1. The van der Waals surface area contributed by atoms with Crippen LogP contribution in [0.5, 0.6) is 11.5 Å². The molecule has 3 aromatic carbocycles. The van der Waals surface area contributed by atoms with E-state index in [4.69, 9.17) is 9.47 Å². The van der Waals surface area contributed by atoms with Crippen molar-refractivity contribution in [2.24, 2.45) is 5.10 Å². The first kappa shape index (κ1) is 27.3. The molecular weight excluding hydrogens is 517 g/mol. The third-order valence-electron chi connectivity index (χ3n) is 5.89. The summed E-state index contributed by atoms with van der Waals surface area (Å²) in [5.41, 5.74) is -1.48. The number of nitro benzene ring substituents is 1. The van der Waals surface area contributed by atoms with E-state index in [-0.39, 0.29) is 51.1 Å². The van der Waals surface area contributed by atoms with Gasteiger partial charge in [0.25, 0.3) is 5.56 Å². The van der Waals surface area contributed by atoms with Crippen molar-refractivity contribution in [2.45, 2.75) is 32.5 Å². The van der Waals surface area contributed by atoms with E-state index in [9.17, 15) is 28.1 Å². The van der Waals surface area contributed by atoms with E-state index in [0.717, 1.165) is 23.0 Å². The molecule has 0 unspecified atom stereocenters. The smallest absolute Gasteiger partial charge is 0.416 e. The number of ether oxygens (including phenoxy) is 2. The number of nitrogens with zero attached hydrogens (tertiary/aromatic N) is 4. The van der Waals surface area contributed by atoms with E-state index in [1.165, 1.54) is 37.4 Å². The minimum Gasteiger partial charge on any atom is -0.493 e. The Balaban J connectivity index is 1.90. The second-order valence-electron chi connectivity index (χ2n) is 8.56. The summed E-state index contributed by atoms with van der Waals surface area (Å²) in [4.78, 5) is 29.0. The number of benzene rings is 3. The average Bonchev–Trinajstić information content (AvgIpc) is 2.92. The number of hydrogen-bond acceptors (Lipinski definition) is 7. The van der Waals surface area contributed by atoms with E-state index in [1.807, 2.05) is 6.92 Å². The topological polar surface area (TPSA) is 109 Å². The van der Waals surface area contributed by atoms with Gasteiger partial charge in [0, 0.05) is 17.2 Å². The van der Waals surface area contributed by atoms with Gasteiger partial charge in [-0.15, -0.1) is 0 Å². The lowest BCUT2D eigenvalue weighted by molar-refractivity contribution is -0.386. The van der Waals surface area contributed by atoms with Crippen LogP contribution in [-0.4, -0.2) is 34.0 Å². The summed E-state index contributed by atoms with van der Waals surface area (Å²) >= 11 is 0. The molecule has 0 saturated carbocycles. The molecule has 0 bridgehead atoms. The van der Waals surface area contributed by atoms with Gasteiger partial charge < -0.3 is 9.47 Å². The maximum absolute atomic E-state index is 13.4. The molecule has 1 heterocycles. The van der Waals surface area contributed by atoms with Gasteiger partial charge in [0.1, 0.15) is 0 Å². The number of para-hydroxylation sites is 1. The van der Waals surface area contributed by atoms with Crippen molar-refractivity contribution in [3.63, 3.8) is 0 Å². The van der Waals surface area contributed by atoms with Crippen LogP contribution in [0, 0.1) is 10.1 Å². The number of hydrogen-bond donors (Lipinski definition) is 0. The van der Waals surface area contributed by atoms with Crippen molar-refractivity contribution in [1.82, 2.24) is 9.66 Å². The minimum absolute atomic E-state index is 0.00527. The van der Waals surface area contributed by atoms with E-state index in [1.54, 1.807) is 25.1 Å². The SMILES string of the molecule is CC[C@@H](C)Oc1c(OC)cc(C=Nn2c(-c3cccc(C(F)(F)F)c3)nc3ccccc3c2=O)cc1[N+](=O)[O-]. The van der Waals surface area contributed by atoms with Crippen molar-refractivity contribution in [3.8, 4) is 22.9 Å². The Morgan fingerprint density at radius 3 is 2.56 bits per heavy atom. The molecule has 9 nitrogen and oxygen atoms in total. The van der Waals surface area contributed by atoms with Crippen LogP contribution in [0.2, 0.25) is 0 Å². The number of halogens is 3. The van der Waals surface area contributed by atoms with Gasteiger partial charge in [0.2, 0.25) is 5.75 Å². The Labute approximate surface area is 220 Å². The molecule has 0 aliphatic rings. The number of methoxy groups -OCH3 is 1. The largest absolute Gasteiger partial charge is 0.493 e. The fourth-order valence-electron chi connectivity index (χ4n) is 3.75. The molecule has 39 heavy (non-hydrogen) atoms. The van der Waals surface area contributed by atoms with E-state index in [2.05, 4.69) is 10.1 Å². The maximum Gasteiger partial charge on any atom is 0.416 e. The Hall–Kier alpha value is -4.74. The van der Waals surface area contributed by atoms with Crippen molar-refractivity contribution < 1.29 is 27.6 Å². The molecule has 0 saturated heterocycles. The molecule has 0 fully saturated rings. The van der Waals surface area contributed by atoms with Gasteiger partial charge in [0.15, 0.2) is 11.6 Å². The lowest BCUT2D eigenvalue weighted by Gasteiger charge is -2.16. The molecule has 0 radical (unpaired) electrons. The number of fused-ring (bicyclic) bond motifs is 1. The van der Waals surface area contributed by atoms with E-state index < -0.39 is 22.2 Å². The van der Waals surface area contributed by atoms with Crippen LogP contribution in [0.1, 0.15) is 31.4 Å². The monoisotopic (exact) mass is 540 g/mol. The molecule has 202 valence electrons. The van der Waals surface area contributed by atoms with Crippen molar-refractivity contribution >= 4 is 22.8 Å². The fraction of sp³-hybridized carbons (Fsp3) is 0.222. The standard InChI is InChI=1S/C27H23F3N4O5/c1-4-16(2)39-24-22(34(36)37)12-17(13-23(24)38-3)15-31-33-25(18-8-7-9-19(14-18)27(28,29)30)32-21-11-6-5-10-20(21)26(33)35/h5-16H,4H2,1-3H3/t16-/m1/s1. The third kappa shape index (κ3) is 5.74. The summed E-state index contributed by atoms with van der Waals surface area (Å²) < 4.78 is 52.1. The van der Waals surface area contributed by atoms with Crippen LogP contribution in [-0.2, 0) is 6.18 Å². The zero-order chi connectivity index (χ0) is 28.3. The van der Waals surface area contributed by atoms with Crippen molar-refractivity contribution in [2.75, 3.05) is 7.11 Å². The Morgan fingerprint density at radius 2 is 1.90 bits per heavy atom. The van der Waals surface area contributed by atoms with Gasteiger partial charge in [-0.25, -0.2) is 4.98 Å². The highest BCUT2D eigenvalue weighted by molar-refractivity contribution is 5.84. The summed E-state index contributed by atoms with van der Waals surface area (Å²) in [6, 6.07) is 13.4. The molecule has 1 atom stereocenters. The summed E-state index contributed by atoms with van der Waals surface area (Å²) in [5.74, 6) is -0.115. The second-order valence-corrected chi connectivity index (χ2v) is 8.56. The number of aromatic nitrogens is 2. The summed E-state index contributed by atoms with van der Waals surface area (Å²) in [6.45, 7) is 3.62. The number of rotatable bonds is 8. The summed E-state index contributed by atoms with van der Waals surface area (Å²) in [7, 11) is 1.33. The predicted octanol–water partition coefficient (Wildman–Crippen LogP) is 6.06. The van der Waals surface area contributed by atoms with Gasteiger partial charge in [-0.1, -0.05) is 31.2 Å². The van der Waals surface area contributed by atoms with Gasteiger partial charge in [-0.3, -0.25) is 14.9 Å². The highest BCUT2D eigenvalue weighted by Gasteiger charge is 2.31. The molecule has 12 heteroatoms. The quantitative estimate of drug-likeness (QED) is 0.153. The van der Waals surface area contributed by atoms with Gasteiger partial charge in [-0.2, -0.15) is 22.9 Å². The first-order valence-corrected chi connectivity index (χ1v) is 11.8. The van der Waals surface area contributed by atoms with Crippen LogP contribution in [0.15, 0.2) is 70.6 Å². The maximum atomic E-state index is 13.4. The molecule has 4 rings (SSSR count). The van der Waals surface area contributed by atoms with Gasteiger partial charge in [-0.05, 0) is 43.7 Å². The Morgan fingerprint density at radius 1 is 1.15 bits per heavy atom. The van der Waals surface area contributed by atoms with E-state index in [0.29, 0.717) is 6.42 Å². The molecule has 1 aromatic heterocycles. The van der Waals surface area contributed by atoms with E-state index >= 15 is 0 Å². The van der Waals surface area contributed by atoms with Crippen LogP contribution >= 0.6 is 0 Å². The fourth-order valence-corrected chi connectivity index (χ4v) is 3.75. The first-order valence-electron chi connectivity index (χ1n) is 11.8. The van der Waals surface area contributed by atoms with Crippen molar-refractivity contribution in [1.29, 1.82) is 0 Å². The summed E-state index contributed by atoms with van der Waals surface area (Å²) in [6.07, 6.45) is -3.18. The Bertz CT molecular complexity index is 1630. The molecule has 0 aliphatic carbocycles. The molecule has 4 aromatic rings. The van der Waals surface area contributed by atoms with Gasteiger partial charge >= 0.3 is 11.9 Å². The highest BCUT2D eigenvalue weighted by atomic mass is 19.4. The van der Waals surface area contributed by atoms with Crippen molar-refractivity contribution in [3.05, 3.63) is 92.3 Å². The first-order chi connectivity index (χ1) is 18.5. The number of nitro groups is 1. The normalized spacial score (nSPS) is 12.6. The van der Waals surface area contributed by atoms with Crippen LogP contribution in [0.3, 0.4) is 0 Å². The van der Waals surface area contributed by atoms with Crippen LogP contribution < -0.4 is 15.0 Å². The molecular formula is C27H23F3N4O5. The average molecular weight is 540 g/mol. The molecule has 0 N–H and O–H groups in total. The summed E-state index contributed by atoms with van der Waals surface area (Å²) in [5, 5.41) is 16.2. The van der Waals surface area contributed by atoms with Gasteiger partial charge in [0.05, 0.1) is 40.8 Å². The highest BCUT2D eigenvalue weighted by Crippen LogP contribution is 2.39. The molecule has 0 spiro atoms. The Kier molecular flexibility index (Phi) is 7.65. The zero-order valence-electron chi connectivity index (χ0n) is 21.1. The zero-order valence-corrected chi connectivity index (χ0v) is 21.1. The van der Waals surface area contributed by atoms with Crippen LogP contribution in [0.25, 0.3) is 22.3 Å². The van der Waals surface area contributed by atoms with Crippen LogP contribution in [0.4, 0.5) is 18.9 Å².